The van der Waals surface area contributed by atoms with Crippen molar-refractivity contribution in [3.63, 3.8) is 0 Å². The number of amides is 3. The molecular formula is C17H23N3O4. The minimum Gasteiger partial charge on any atom is -0.493 e. The first kappa shape index (κ1) is 16.4. The molecule has 1 saturated heterocycles. The molecule has 2 heterocycles. The molecule has 3 rings (SSSR count). The van der Waals surface area contributed by atoms with Gasteiger partial charge in [-0.3, -0.25) is 4.79 Å². The molecular weight excluding hydrogens is 310 g/mol. The smallest absolute Gasteiger partial charge is 0.317 e. The van der Waals surface area contributed by atoms with Crippen molar-refractivity contribution in [1.29, 1.82) is 0 Å². The lowest BCUT2D eigenvalue weighted by atomic mass is 9.96. The molecule has 2 aliphatic heterocycles. The van der Waals surface area contributed by atoms with E-state index in [0.717, 1.165) is 11.3 Å². The highest BCUT2D eigenvalue weighted by molar-refractivity contribution is 5.78. The Balaban J connectivity index is 1.56. The molecule has 1 atom stereocenters. The van der Waals surface area contributed by atoms with Crippen molar-refractivity contribution in [2.45, 2.75) is 25.3 Å². The second-order valence-corrected chi connectivity index (χ2v) is 6.27. The average molecular weight is 333 g/mol. The zero-order valence-electron chi connectivity index (χ0n) is 13.8. The Kier molecular flexibility index (Phi) is 4.78. The van der Waals surface area contributed by atoms with Gasteiger partial charge in [-0.15, -0.1) is 0 Å². The van der Waals surface area contributed by atoms with Crippen LogP contribution in [-0.4, -0.2) is 49.7 Å². The van der Waals surface area contributed by atoms with Gasteiger partial charge >= 0.3 is 6.03 Å². The molecule has 3 N–H and O–H groups in total. The standard InChI is InChI=1S/C17H23N3O4/c1-23-14-4-2-3-12-9-13(10-24-15(12)14)19-17(22)20-7-5-11(6-8-20)16(18)21/h2-4,11,13H,5-10H2,1H3,(H2,18,21)(H,19,22)/t13-/m0/s1. The number of carbonyl (C=O) groups is 2. The second kappa shape index (κ2) is 6.98. The number of ether oxygens (including phenoxy) is 2. The van der Waals surface area contributed by atoms with Crippen molar-refractivity contribution >= 4 is 11.9 Å². The van der Waals surface area contributed by atoms with Crippen LogP contribution in [0.3, 0.4) is 0 Å². The predicted molar refractivity (Wildman–Crippen MR) is 88.0 cm³/mol. The third-order valence-electron chi connectivity index (χ3n) is 4.69. The lowest BCUT2D eigenvalue weighted by molar-refractivity contribution is -0.123. The number of hydrogen-bond donors (Lipinski definition) is 2. The molecule has 130 valence electrons. The number of piperidine rings is 1. The molecule has 1 aromatic rings. The van der Waals surface area contributed by atoms with Gasteiger partial charge in [-0.1, -0.05) is 12.1 Å². The van der Waals surface area contributed by atoms with Gasteiger partial charge in [0, 0.05) is 24.6 Å². The maximum atomic E-state index is 12.4. The Hall–Kier alpha value is -2.44. The van der Waals surface area contributed by atoms with Crippen LogP contribution in [0.1, 0.15) is 18.4 Å². The summed E-state index contributed by atoms with van der Waals surface area (Å²) in [6, 6.07) is 5.57. The molecule has 7 nitrogen and oxygen atoms in total. The van der Waals surface area contributed by atoms with Crippen LogP contribution < -0.4 is 20.5 Å². The number of urea groups is 1. The number of nitrogens with one attached hydrogen (secondary N) is 1. The summed E-state index contributed by atoms with van der Waals surface area (Å²) in [5.74, 6) is 1.08. The summed E-state index contributed by atoms with van der Waals surface area (Å²) in [6.07, 6.45) is 1.96. The van der Waals surface area contributed by atoms with E-state index in [1.807, 2.05) is 18.2 Å². The first-order chi connectivity index (χ1) is 11.6. The van der Waals surface area contributed by atoms with Gasteiger partial charge in [0.15, 0.2) is 11.5 Å². The molecule has 2 aliphatic rings. The van der Waals surface area contributed by atoms with E-state index in [4.69, 9.17) is 15.2 Å². The van der Waals surface area contributed by atoms with Crippen LogP contribution in [0.5, 0.6) is 11.5 Å². The fourth-order valence-electron chi connectivity index (χ4n) is 3.28. The number of methoxy groups -OCH3 is 1. The molecule has 24 heavy (non-hydrogen) atoms. The summed E-state index contributed by atoms with van der Waals surface area (Å²) in [7, 11) is 1.61. The molecule has 0 radical (unpaired) electrons. The quantitative estimate of drug-likeness (QED) is 0.859. The number of hydrogen-bond acceptors (Lipinski definition) is 4. The van der Waals surface area contributed by atoms with Gasteiger partial charge in [0.05, 0.1) is 13.2 Å². The van der Waals surface area contributed by atoms with Gasteiger partial charge in [0.2, 0.25) is 5.91 Å². The van der Waals surface area contributed by atoms with E-state index in [-0.39, 0.29) is 23.9 Å². The molecule has 0 aliphatic carbocycles. The molecule has 1 fully saturated rings. The summed E-state index contributed by atoms with van der Waals surface area (Å²) in [4.78, 5) is 25.3. The molecule has 3 amide bonds. The molecule has 0 saturated carbocycles. The number of fused-ring (bicyclic) bond motifs is 1. The van der Waals surface area contributed by atoms with Gasteiger partial charge in [-0.05, 0) is 25.3 Å². The molecule has 7 heteroatoms. The maximum absolute atomic E-state index is 12.4. The first-order valence-corrected chi connectivity index (χ1v) is 8.22. The van der Waals surface area contributed by atoms with Gasteiger partial charge in [-0.25, -0.2) is 4.79 Å². The Morgan fingerprint density at radius 1 is 1.33 bits per heavy atom. The molecule has 0 unspecified atom stereocenters. The van der Waals surface area contributed by atoms with Crippen LogP contribution in [0, 0.1) is 5.92 Å². The Morgan fingerprint density at radius 3 is 2.75 bits per heavy atom. The van der Waals surface area contributed by atoms with E-state index in [2.05, 4.69) is 5.32 Å². The fourth-order valence-corrected chi connectivity index (χ4v) is 3.28. The highest BCUT2D eigenvalue weighted by atomic mass is 16.5. The minimum atomic E-state index is -0.277. The van der Waals surface area contributed by atoms with E-state index in [1.54, 1.807) is 12.0 Å². The van der Waals surface area contributed by atoms with Crippen LogP contribution >= 0.6 is 0 Å². The number of benzene rings is 1. The summed E-state index contributed by atoms with van der Waals surface area (Å²) in [6.45, 7) is 1.52. The van der Waals surface area contributed by atoms with Crippen LogP contribution in [0.25, 0.3) is 0 Å². The first-order valence-electron chi connectivity index (χ1n) is 8.22. The zero-order valence-corrected chi connectivity index (χ0v) is 13.8. The second-order valence-electron chi connectivity index (χ2n) is 6.27. The van der Waals surface area contributed by atoms with Crippen molar-refractivity contribution < 1.29 is 19.1 Å². The van der Waals surface area contributed by atoms with E-state index >= 15 is 0 Å². The fraction of sp³-hybridized carbons (Fsp3) is 0.529. The third-order valence-corrected chi connectivity index (χ3v) is 4.69. The lowest BCUT2D eigenvalue weighted by Crippen LogP contribution is -2.51. The summed E-state index contributed by atoms with van der Waals surface area (Å²) >= 11 is 0. The topological polar surface area (TPSA) is 93.9 Å². The van der Waals surface area contributed by atoms with Crippen molar-refractivity contribution in [3.8, 4) is 11.5 Å². The highest BCUT2D eigenvalue weighted by Gasteiger charge is 2.29. The molecule has 0 bridgehead atoms. The highest BCUT2D eigenvalue weighted by Crippen LogP contribution is 2.34. The van der Waals surface area contributed by atoms with Gasteiger partial charge in [0.25, 0.3) is 0 Å². The summed E-state index contributed by atoms with van der Waals surface area (Å²) in [5, 5.41) is 3.02. The van der Waals surface area contributed by atoms with Crippen molar-refractivity contribution in [2.24, 2.45) is 11.7 Å². The minimum absolute atomic E-state index is 0.0778. The number of carbonyl (C=O) groups excluding carboxylic acids is 2. The average Bonchev–Trinajstić information content (AvgIpc) is 2.61. The van der Waals surface area contributed by atoms with Crippen LogP contribution in [-0.2, 0) is 11.2 Å². The summed E-state index contributed by atoms with van der Waals surface area (Å²) in [5.41, 5.74) is 6.35. The largest absolute Gasteiger partial charge is 0.493 e. The Bertz CT molecular complexity index is 626. The predicted octanol–water partition coefficient (Wildman–Crippen LogP) is 0.906. The Labute approximate surface area is 141 Å². The number of primary amides is 1. The Morgan fingerprint density at radius 2 is 2.08 bits per heavy atom. The van der Waals surface area contributed by atoms with Crippen molar-refractivity contribution in [2.75, 3.05) is 26.8 Å². The molecule has 1 aromatic carbocycles. The monoisotopic (exact) mass is 333 g/mol. The SMILES string of the molecule is COc1cccc2c1OC[C@@H](NC(=O)N1CCC(C(N)=O)CC1)C2. The van der Waals surface area contributed by atoms with Crippen LogP contribution in [0.2, 0.25) is 0 Å². The summed E-state index contributed by atoms with van der Waals surface area (Å²) < 4.78 is 11.1. The molecule has 0 aromatic heterocycles. The lowest BCUT2D eigenvalue weighted by Gasteiger charge is -2.33. The van der Waals surface area contributed by atoms with Crippen LogP contribution in [0.15, 0.2) is 18.2 Å². The van der Waals surface area contributed by atoms with Gasteiger partial charge in [0.1, 0.15) is 6.61 Å². The van der Waals surface area contributed by atoms with Crippen LogP contribution in [0.4, 0.5) is 4.79 Å². The number of nitrogens with zero attached hydrogens (tertiary/aromatic N) is 1. The van der Waals surface area contributed by atoms with Crippen molar-refractivity contribution in [3.05, 3.63) is 23.8 Å². The third kappa shape index (κ3) is 3.39. The van der Waals surface area contributed by atoms with E-state index in [0.29, 0.717) is 44.7 Å². The zero-order chi connectivity index (χ0) is 17.1. The number of likely N-dealkylation sites (tertiary alicyclic amines) is 1. The van der Waals surface area contributed by atoms with E-state index in [1.165, 1.54) is 0 Å². The molecule has 0 spiro atoms. The normalized spacial score (nSPS) is 20.7. The maximum Gasteiger partial charge on any atom is 0.317 e. The van der Waals surface area contributed by atoms with E-state index in [9.17, 15) is 9.59 Å². The van der Waals surface area contributed by atoms with E-state index < -0.39 is 0 Å². The number of rotatable bonds is 3. The number of para-hydroxylation sites is 1. The van der Waals surface area contributed by atoms with Gasteiger partial charge < -0.3 is 25.4 Å². The van der Waals surface area contributed by atoms with Gasteiger partial charge in [-0.2, -0.15) is 0 Å². The van der Waals surface area contributed by atoms with Crippen molar-refractivity contribution in [1.82, 2.24) is 10.2 Å². The number of nitrogens with two attached hydrogens (primary N) is 1.